The Balaban J connectivity index is 2.99. The van der Waals surface area contributed by atoms with Crippen LogP contribution < -0.4 is 10.1 Å². The number of ether oxygens (including phenoxy) is 1. The van der Waals surface area contributed by atoms with Crippen molar-refractivity contribution in [2.24, 2.45) is 10.4 Å². The number of carbonyl (C=O) groups excluding carboxylic acids is 1. The molecule has 0 saturated carbocycles. The molecule has 0 aliphatic rings. The molecule has 0 saturated heterocycles. The van der Waals surface area contributed by atoms with Crippen molar-refractivity contribution >= 4 is 28.6 Å². The highest BCUT2D eigenvalue weighted by atomic mass is 79.9. The summed E-state index contributed by atoms with van der Waals surface area (Å²) < 4.78 is 42.0. The molecule has 1 aromatic heterocycles. The zero-order chi connectivity index (χ0) is 20.2. The van der Waals surface area contributed by atoms with Gasteiger partial charge in [0.25, 0.3) is 5.91 Å². The molecule has 0 aliphatic carbocycles. The zero-order valence-electron chi connectivity index (χ0n) is 15.2. The molecule has 0 radical (unpaired) electrons. The molecule has 26 heavy (non-hydrogen) atoms. The number of hydrogen-bond donors (Lipinski definition) is 1. The van der Waals surface area contributed by atoms with Gasteiger partial charge in [0, 0.05) is 12.3 Å². The number of nitrogens with one attached hydrogen (secondary N) is 1. The van der Waals surface area contributed by atoms with Crippen molar-refractivity contribution in [1.29, 1.82) is 0 Å². The minimum absolute atomic E-state index is 0.0467. The Labute approximate surface area is 159 Å². The van der Waals surface area contributed by atoms with Gasteiger partial charge in [0.2, 0.25) is 0 Å². The number of alkyl halides is 3. The molecule has 0 fully saturated rings. The van der Waals surface area contributed by atoms with E-state index in [4.69, 9.17) is 4.74 Å². The van der Waals surface area contributed by atoms with Crippen LogP contribution in [0.3, 0.4) is 0 Å². The molecule has 5 nitrogen and oxygen atoms in total. The third kappa shape index (κ3) is 7.72. The van der Waals surface area contributed by atoms with Gasteiger partial charge in [-0.15, -0.1) is 0 Å². The molecule has 1 amide bonds. The number of hydrogen-bond acceptors (Lipinski definition) is 4. The Morgan fingerprint density at radius 3 is 2.46 bits per heavy atom. The molecule has 1 N–H and O–H groups in total. The molecule has 0 aliphatic heterocycles. The van der Waals surface area contributed by atoms with Crippen molar-refractivity contribution < 1.29 is 22.7 Å². The Morgan fingerprint density at radius 1 is 1.35 bits per heavy atom. The summed E-state index contributed by atoms with van der Waals surface area (Å²) >= 11 is 3.06. The van der Waals surface area contributed by atoms with Gasteiger partial charge >= 0.3 is 6.18 Å². The van der Waals surface area contributed by atoms with Gasteiger partial charge in [-0.2, -0.15) is 13.2 Å². The van der Waals surface area contributed by atoms with Crippen LogP contribution in [0.2, 0.25) is 0 Å². The van der Waals surface area contributed by atoms with E-state index in [0.29, 0.717) is 13.0 Å². The lowest BCUT2D eigenvalue weighted by molar-refractivity contribution is -0.153. The predicted octanol–water partition coefficient (Wildman–Crippen LogP) is 4.41. The number of aromatic nitrogens is 1. The van der Waals surface area contributed by atoms with E-state index in [9.17, 15) is 18.0 Å². The average molecular weight is 438 g/mol. The van der Waals surface area contributed by atoms with Crippen molar-refractivity contribution in [2.45, 2.75) is 45.8 Å². The van der Waals surface area contributed by atoms with Crippen molar-refractivity contribution in [3.8, 4) is 5.75 Å². The fraction of sp³-hybridized carbons (Fsp3) is 0.588. The molecule has 1 atom stereocenters. The molecule has 9 heteroatoms. The first-order valence-corrected chi connectivity index (χ1v) is 8.64. The second-order valence-corrected chi connectivity index (χ2v) is 8.39. The summed E-state index contributed by atoms with van der Waals surface area (Å²) in [7, 11) is 0. The lowest BCUT2D eigenvalue weighted by Crippen LogP contribution is -2.50. The van der Waals surface area contributed by atoms with E-state index in [0.717, 1.165) is 0 Å². The van der Waals surface area contributed by atoms with Gasteiger partial charge in [-0.05, 0) is 41.4 Å². The topological polar surface area (TPSA) is 63.6 Å². The second kappa shape index (κ2) is 8.37. The smallest absolute Gasteiger partial charge is 0.422 e. The number of amides is 1. The van der Waals surface area contributed by atoms with Crippen LogP contribution >= 0.6 is 15.9 Å². The van der Waals surface area contributed by atoms with Gasteiger partial charge in [-0.3, -0.25) is 9.79 Å². The third-order valence-corrected chi connectivity index (χ3v) is 3.84. The number of carbonyl (C=O) groups is 1. The first-order valence-electron chi connectivity index (χ1n) is 7.85. The van der Waals surface area contributed by atoms with E-state index in [1.807, 2.05) is 27.7 Å². The Morgan fingerprint density at radius 2 is 1.96 bits per heavy atom. The minimum atomic E-state index is -4.48. The van der Waals surface area contributed by atoms with E-state index in [-0.39, 0.29) is 21.3 Å². The Kier molecular flexibility index (Phi) is 7.21. The Hall–Kier alpha value is -1.64. The monoisotopic (exact) mass is 437 g/mol. The normalized spacial score (nSPS) is 14.5. The molecule has 1 heterocycles. The van der Waals surface area contributed by atoms with Gasteiger partial charge in [0.15, 0.2) is 6.61 Å². The van der Waals surface area contributed by atoms with Gasteiger partial charge in [-0.25, -0.2) is 4.98 Å². The number of halogens is 4. The van der Waals surface area contributed by atoms with Crippen molar-refractivity contribution in [1.82, 2.24) is 10.3 Å². The first-order chi connectivity index (χ1) is 11.7. The molecule has 0 spiro atoms. The molecular weight excluding hydrogens is 415 g/mol. The lowest BCUT2D eigenvalue weighted by Gasteiger charge is -2.35. The van der Waals surface area contributed by atoms with Gasteiger partial charge in [0.1, 0.15) is 11.4 Å². The molecule has 1 rings (SSSR count). The summed E-state index contributed by atoms with van der Waals surface area (Å²) in [4.78, 5) is 20.4. The highest BCUT2D eigenvalue weighted by Crippen LogP contribution is 2.29. The molecule has 1 unspecified atom stereocenters. The predicted molar refractivity (Wildman–Crippen MR) is 97.8 cm³/mol. The third-order valence-electron chi connectivity index (χ3n) is 3.24. The maximum absolute atomic E-state index is 12.6. The number of pyridine rings is 1. The Bertz CT molecular complexity index is 660. The van der Waals surface area contributed by atoms with Crippen molar-refractivity contribution in [3.63, 3.8) is 0 Å². The van der Waals surface area contributed by atoms with E-state index < -0.39 is 24.2 Å². The largest absolute Gasteiger partial charge is 0.483 e. The van der Waals surface area contributed by atoms with E-state index in [1.54, 1.807) is 0 Å². The molecule has 1 aromatic rings. The summed E-state index contributed by atoms with van der Waals surface area (Å²) in [5, 5.41) is 2.86. The fourth-order valence-corrected chi connectivity index (χ4v) is 3.04. The summed E-state index contributed by atoms with van der Waals surface area (Å²) in [6, 6.07) is 1.17. The maximum atomic E-state index is 12.6. The summed E-state index contributed by atoms with van der Waals surface area (Å²) in [6.07, 6.45) is -2.63. The molecule has 0 bridgehead atoms. The number of nitrogens with zero attached hydrogens (tertiary/aromatic N) is 2. The summed E-state index contributed by atoms with van der Waals surface area (Å²) in [5.74, 6) is -0.633. The molecular formula is C17H23BrF3N3O2. The quantitative estimate of drug-likeness (QED) is 0.642. The number of rotatable bonds is 7. The van der Waals surface area contributed by atoms with Crippen LogP contribution in [0.1, 0.15) is 44.6 Å². The average Bonchev–Trinajstić information content (AvgIpc) is 2.43. The van der Waals surface area contributed by atoms with Crippen LogP contribution in [0, 0.1) is 5.41 Å². The molecule has 0 aromatic carbocycles. The lowest BCUT2D eigenvalue weighted by atomic mass is 9.80. The van der Waals surface area contributed by atoms with Crippen molar-refractivity contribution in [3.05, 3.63) is 22.4 Å². The van der Waals surface area contributed by atoms with Crippen LogP contribution in [-0.4, -0.2) is 42.5 Å². The van der Waals surface area contributed by atoms with Gasteiger partial charge in [-0.1, -0.05) is 20.8 Å². The SMILES string of the molecule is C=NCC(C)(CC(C)(C)C)NC(=O)c1cc(OCC(F)(F)F)c(Br)cn1. The van der Waals surface area contributed by atoms with E-state index in [2.05, 4.69) is 37.9 Å². The fourth-order valence-electron chi connectivity index (χ4n) is 2.71. The van der Waals surface area contributed by atoms with Crippen molar-refractivity contribution in [2.75, 3.05) is 13.2 Å². The van der Waals surface area contributed by atoms with Crippen LogP contribution in [0.25, 0.3) is 0 Å². The van der Waals surface area contributed by atoms with Gasteiger partial charge < -0.3 is 10.1 Å². The van der Waals surface area contributed by atoms with Crippen LogP contribution in [0.4, 0.5) is 13.2 Å². The maximum Gasteiger partial charge on any atom is 0.422 e. The summed E-state index contributed by atoms with van der Waals surface area (Å²) in [5.41, 5.74) is -0.797. The van der Waals surface area contributed by atoms with Gasteiger partial charge in [0.05, 0.1) is 16.6 Å². The standard InChI is InChI=1S/C17H23BrF3N3O2/c1-15(2,3)8-16(4,9-22-5)24-14(25)12-6-13(11(18)7-23-12)26-10-17(19,20)21/h6-7H,5,8-10H2,1-4H3,(H,24,25). The second-order valence-electron chi connectivity index (χ2n) is 7.54. The first kappa shape index (κ1) is 22.4. The van der Waals surface area contributed by atoms with Crippen LogP contribution in [-0.2, 0) is 0 Å². The van der Waals surface area contributed by atoms with E-state index in [1.165, 1.54) is 12.3 Å². The van der Waals surface area contributed by atoms with Crippen LogP contribution in [0.15, 0.2) is 21.7 Å². The zero-order valence-corrected chi connectivity index (χ0v) is 16.8. The van der Waals surface area contributed by atoms with E-state index >= 15 is 0 Å². The molecule has 146 valence electrons. The highest BCUT2D eigenvalue weighted by Gasteiger charge is 2.32. The summed E-state index contributed by atoms with van der Waals surface area (Å²) in [6.45, 7) is 10.2. The minimum Gasteiger partial charge on any atom is -0.483 e. The number of aliphatic imine (C=N–C) groups is 1. The highest BCUT2D eigenvalue weighted by molar-refractivity contribution is 9.10. The van der Waals surface area contributed by atoms with Crippen LogP contribution in [0.5, 0.6) is 5.75 Å².